The molecule has 1 aliphatic heterocycles. The molecule has 0 aliphatic carbocycles. The normalized spacial score (nSPS) is 16.8. The summed E-state index contributed by atoms with van der Waals surface area (Å²) in [5, 5.41) is 3.02. The molecule has 9 heteroatoms. The fourth-order valence-corrected chi connectivity index (χ4v) is 3.79. The average Bonchev–Trinajstić information content (AvgIpc) is 3.25. The van der Waals surface area contributed by atoms with Crippen LogP contribution in [0.5, 0.6) is 0 Å². The first-order chi connectivity index (χ1) is 14.0. The van der Waals surface area contributed by atoms with Gasteiger partial charge in [-0.2, -0.15) is 0 Å². The van der Waals surface area contributed by atoms with Crippen LogP contribution in [0.15, 0.2) is 34.4 Å². The highest BCUT2D eigenvalue weighted by Gasteiger charge is 2.27. The van der Waals surface area contributed by atoms with Gasteiger partial charge in [0.25, 0.3) is 5.56 Å². The van der Waals surface area contributed by atoms with E-state index in [1.54, 1.807) is 17.1 Å². The number of carbonyl (C=O) groups is 1. The van der Waals surface area contributed by atoms with Gasteiger partial charge >= 0.3 is 5.69 Å². The molecule has 1 amide bonds. The van der Waals surface area contributed by atoms with Crippen molar-refractivity contribution in [2.75, 3.05) is 24.5 Å². The van der Waals surface area contributed by atoms with E-state index < -0.39 is 0 Å². The first-order valence-corrected chi connectivity index (χ1v) is 10.3. The second-order valence-corrected chi connectivity index (χ2v) is 7.56. The number of hydrogen-bond donors (Lipinski definition) is 1. The van der Waals surface area contributed by atoms with Gasteiger partial charge in [0.05, 0.1) is 12.2 Å². The summed E-state index contributed by atoms with van der Waals surface area (Å²) in [5.41, 5.74) is -0.621. The fourth-order valence-electron chi connectivity index (χ4n) is 3.79. The van der Waals surface area contributed by atoms with Gasteiger partial charge in [0.15, 0.2) is 0 Å². The van der Waals surface area contributed by atoms with E-state index in [9.17, 15) is 14.4 Å². The van der Waals surface area contributed by atoms with Crippen LogP contribution in [0.25, 0.3) is 0 Å². The molecule has 158 valence electrons. The van der Waals surface area contributed by atoms with E-state index in [0.717, 1.165) is 43.3 Å². The molecule has 1 N–H and O–H groups in total. The summed E-state index contributed by atoms with van der Waals surface area (Å²) in [6, 6.07) is 1.52. The van der Waals surface area contributed by atoms with Gasteiger partial charge in [0.2, 0.25) is 5.91 Å². The van der Waals surface area contributed by atoms with Crippen molar-refractivity contribution in [3.63, 3.8) is 0 Å². The van der Waals surface area contributed by atoms with Crippen LogP contribution in [0.3, 0.4) is 0 Å². The number of amides is 1. The topological polar surface area (TPSA) is 94.2 Å². The number of aromatic nitrogens is 4. The number of aryl methyl sites for hydroxylation is 1. The maximum Gasteiger partial charge on any atom is 0.332 e. The molecule has 1 aliphatic rings. The van der Waals surface area contributed by atoms with Crippen molar-refractivity contribution in [1.29, 1.82) is 0 Å². The summed E-state index contributed by atoms with van der Waals surface area (Å²) in [4.78, 5) is 43.4. The third-order valence-electron chi connectivity index (χ3n) is 5.39. The van der Waals surface area contributed by atoms with E-state index in [2.05, 4.69) is 10.3 Å². The molecule has 0 saturated carbocycles. The number of nitrogens with one attached hydrogen (secondary N) is 1. The summed E-state index contributed by atoms with van der Waals surface area (Å²) in [5.74, 6) is 0.511. The summed E-state index contributed by atoms with van der Waals surface area (Å²) in [6.07, 6.45) is 8.70. The predicted octanol–water partition coefficient (Wildman–Crippen LogP) is 0.576. The van der Waals surface area contributed by atoms with Gasteiger partial charge in [-0.1, -0.05) is 6.92 Å². The molecule has 9 nitrogen and oxygen atoms in total. The minimum Gasteiger partial charge on any atom is -0.357 e. The largest absolute Gasteiger partial charge is 0.357 e. The van der Waals surface area contributed by atoms with Crippen LogP contribution in [0, 0.1) is 5.92 Å². The Bertz CT molecular complexity index is 931. The molecule has 2 aromatic rings. The molecular weight excluding hydrogens is 372 g/mol. The Labute approximate surface area is 170 Å². The van der Waals surface area contributed by atoms with E-state index in [0.29, 0.717) is 25.5 Å². The number of imidazole rings is 1. The first-order valence-electron chi connectivity index (χ1n) is 10.3. The average molecular weight is 402 g/mol. The molecule has 0 bridgehead atoms. The van der Waals surface area contributed by atoms with E-state index in [1.807, 2.05) is 22.6 Å². The molecule has 3 rings (SSSR count). The zero-order valence-corrected chi connectivity index (χ0v) is 17.2. The summed E-state index contributed by atoms with van der Waals surface area (Å²) < 4.78 is 4.76. The monoisotopic (exact) mass is 402 g/mol. The molecule has 1 atom stereocenters. The van der Waals surface area contributed by atoms with Crippen molar-refractivity contribution in [1.82, 2.24) is 24.0 Å². The lowest BCUT2D eigenvalue weighted by Gasteiger charge is -2.34. The lowest BCUT2D eigenvalue weighted by atomic mass is 9.97. The van der Waals surface area contributed by atoms with Crippen LogP contribution in [0.4, 0.5) is 5.82 Å². The van der Waals surface area contributed by atoms with Gasteiger partial charge in [-0.3, -0.25) is 18.7 Å². The van der Waals surface area contributed by atoms with Crippen molar-refractivity contribution < 1.29 is 4.79 Å². The van der Waals surface area contributed by atoms with Gasteiger partial charge in [0.1, 0.15) is 5.82 Å². The third kappa shape index (κ3) is 4.96. The van der Waals surface area contributed by atoms with E-state index in [-0.39, 0.29) is 23.1 Å². The lowest BCUT2D eigenvalue weighted by Crippen LogP contribution is -2.47. The maximum atomic E-state index is 12.6. The molecule has 1 saturated heterocycles. The minimum atomic E-state index is -0.316. The van der Waals surface area contributed by atoms with Crippen LogP contribution < -0.4 is 21.5 Å². The standard InChI is InChI=1S/C20H30N6O3/c1-3-9-26-17(13-18(27)23(2)20(26)29)25-11-4-6-16(14-25)19(28)22-7-5-10-24-12-8-21-15-24/h8,12-13,15-16H,3-7,9-11,14H2,1-2H3,(H,22,28). The third-order valence-corrected chi connectivity index (χ3v) is 5.39. The predicted molar refractivity (Wildman–Crippen MR) is 111 cm³/mol. The van der Waals surface area contributed by atoms with Crippen LogP contribution in [0.2, 0.25) is 0 Å². The van der Waals surface area contributed by atoms with Crippen molar-refractivity contribution in [2.45, 2.75) is 45.7 Å². The highest BCUT2D eigenvalue weighted by molar-refractivity contribution is 5.79. The van der Waals surface area contributed by atoms with E-state index in [1.165, 1.54) is 13.1 Å². The Kier molecular flexibility index (Phi) is 6.90. The molecule has 1 fully saturated rings. The summed E-state index contributed by atoms with van der Waals surface area (Å²) in [7, 11) is 1.50. The Morgan fingerprint density at radius 3 is 2.86 bits per heavy atom. The summed E-state index contributed by atoms with van der Waals surface area (Å²) in [6.45, 7) is 5.22. The number of nitrogens with zero attached hydrogens (tertiary/aromatic N) is 5. The molecule has 2 aromatic heterocycles. The van der Waals surface area contributed by atoms with E-state index >= 15 is 0 Å². The van der Waals surface area contributed by atoms with Crippen LogP contribution in [-0.4, -0.2) is 44.2 Å². The van der Waals surface area contributed by atoms with Crippen molar-refractivity contribution in [2.24, 2.45) is 13.0 Å². The minimum absolute atomic E-state index is 0.0357. The first kappa shape index (κ1) is 20.9. The van der Waals surface area contributed by atoms with Crippen molar-refractivity contribution in [3.8, 4) is 0 Å². The highest BCUT2D eigenvalue weighted by atomic mass is 16.2. The molecule has 0 spiro atoms. The lowest BCUT2D eigenvalue weighted by molar-refractivity contribution is -0.125. The van der Waals surface area contributed by atoms with Gasteiger partial charge < -0.3 is 14.8 Å². The molecule has 3 heterocycles. The Hall–Kier alpha value is -2.84. The zero-order valence-electron chi connectivity index (χ0n) is 17.2. The van der Waals surface area contributed by atoms with Crippen molar-refractivity contribution in [3.05, 3.63) is 45.6 Å². The van der Waals surface area contributed by atoms with Gasteiger partial charge in [-0.05, 0) is 25.7 Å². The maximum absolute atomic E-state index is 12.6. The van der Waals surface area contributed by atoms with Crippen LogP contribution in [0.1, 0.15) is 32.6 Å². The SMILES string of the molecule is CCCn1c(N2CCCC(C(=O)NCCCn3ccnc3)C2)cc(=O)n(C)c1=O. The molecule has 29 heavy (non-hydrogen) atoms. The Morgan fingerprint density at radius 1 is 1.31 bits per heavy atom. The van der Waals surface area contributed by atoms with E-state index in [4.69, 9.17) is 0 Å². The molecular formula is C20H30N6O3. The second kappa shape index (κ2) is 9.58. The highest BCUT2D eigenvalue weighted by Crippen LogP contribution is 2.22. The Balaban J connectivity index is 1.63. The van der Waals surface area contributed by atoms with Gasteiger partial charge in [-0.15, -0.1) is 0 Å². The second-order valence-electron chi connectivity index (χ2n) is 7.56. The fraction of sp³-hybridized carbons (Fsp3) is 0.600. The molecule has 0 radical (unpaired) electrons. The van der Waals surface area contributed by atoms with Crippen LogP contribution in [-0.2, 0) is 24.9 Å². The number of piperidine rings is 1. The number of hydrogen-bond acceptors (Lipinski definition) is 5. The van der Waals surface area contributed by atoms with Gasteiger partial charge in [-0.25, -0.2) is 9.78 Å². The number of carbonyl (C=O) groups excluding carboxylic acids is 1. The van der Waals surface area contributed by atoms with Crippen LogP contribution >= 0.6 is 0 Å². The Morgan fingerprint density at radius 2 is 2.14 bits per heavy atom. The molecule has 1 unspecified atom stereocenters. The quantitative estimate of drug-likeness (QED) is 0.652. The summed E-state index contributed by atoms with van der Waals surface area (Å²) >= 11 is 0. The van der Waals surface area contributed by atoms with Gasteiger partial charge in [0, 0.05) is 58.2 Å². The smallest absolute Gasteiger partial charge is 0.332 e. The van der Waals surface area contributed by atoms with Crippen molar-refractivity contribution >= 4 is 11.7 Å². The zero-order chi connectivity index (χ0) is 20.8. The molecule has 0 aromatic carbocycles. The number of rotatable bonds is 8. The number of anilines is 1.